The lowest BCUT2D eigenvalue weighted by molar-refractivity contribution is 0.305. The molecule has 4 aromatic rings. The summed E-state index contributed by atoms with van der Waals surface area (Å²) >= 11 is 0. The maximum Gasteiger partial charge on any atom is 0.122 e. The van der Waals surface area contributed by atoms with E-state index in [1.807, 2.05) is 0 Å². The largest absolute Gasteiger partial charge is 0.493 e. The summed E-state index contributed by atoms with van der Waals surface area (Å²) < 4.78 is 12.6. The Kier molecular flexibility index (Phi) is 69.4. The van der Waals surface area contributed by atoms with Crippen molar-refractivity contribution in [3.63, 3.8) is 0 Å². The fraction of sp³-hybridized carbons (Fsp3) is 0.684. The minimum Gasteiger partial charge on any atom is -0.493 e. The molecule has 0 atom stereocenters. The van der Waals surface area contributed by atoms with Gasteiger partial charge in [-0.1, -0.05) is 320 Å². The lowest BCUT2D eigenvalue weighted by atomic mass is 9.18. The Balaban J connectivity index is 0. The van der Waals surface area contributed by atoms with Crippen LogP contribution in [0.15, 0.2) is 97.1 Å². The van der Waals surface area contributed by atoms with Crippen molar-refractivity contribution in [2.75, 3.05) is 13.2 Å². The first kappa shape index (κ1) is 87.2. The van der Waals surface area contributed by atoms with E-state index >= 15 is 0 Å². The number of rotatable bonds is 48. The molecule has 14 radical (unpaired) electrons. The van der Waals surface area contributed by atoms with Crippen LogP contribution in [0.25, 0.3) is 0 Å². The van der Waals surface area contributed by atoms with Crippen molar-refractivity contribution in [1.29, 1.82) is 0 Å². The molecule has 2 nitrogen and oxygen atoms in total. The SMILES string of the molecule is CCCCCC.CCCCCC.[B]B([B])CCCC.[B][B]CCCC.[B][B]CCCCOc1ccc(CCCCCCCC)cc1CCCCc1cc(CCCCCCCC)ccc1OCCCCB([B])[B].c1ccc(CCCCc2ccccc2)cc1. The van der Waals surface area contributed by atoms with Gasteiger partial charge in [0.1, 0.15) is 11.5 Å². The van der Waals surface area contributed by atoms with Crippen molar-refractivity contribution in [2.45, 2.75) is 325 Å². The molecule has 0 spiro atoms. The summed E-state index contributed by atoms with van der Waals surface area (Å²) in [5, 5.41) is 0. The van der Waals surface area contributed by atoms with E-state index in [0.29, 0.717) is 6.61 Å². The van der Waals surface area contributed by atoms with Crippen LogP contribution in [0.1, 0.15) is 294 Å². The Labute approximate surface area is 559 Å². The molecule has 0 heterocycles. The van der Waals surface area contributed by atoms with Crippen LogP contribution in [0.2, 0.25) is 25.3 Å². The van der Waals surface area contributed by atoms with Gasteiger partial charge in [0.2, 0.25) is 0 Å². The molecule has 88 heavy (non-hydrogen) atoms. The van der Waals surface area contributed by atoms with E-state index in [9.17, 15) is 0 Å². The number of hydrogen-bond donors (Lipinski definition) is 0. The van der Waals surface area contributed by atoms with Crippen LogP contribution < -0.4 is 9.47 Å². The Bertz CT molecular complexity index is 1900. The fourth-order valence-corrected chi connectivity index (χ4v) is 10.0. The minimum absolute atomic E-state index is 0.0973. The third-order valence-electron chi connectivity index (χ3n) is 15.6. The predicted molar refractivity (Wildman–Crippen MR) is 409 cm³/mol. The quantitative estimate of drug-likeness (QED) is 0.0324. The molecule has 0 unspecified atom stereocenters. The lowest BCUT2D eigenvalue weighted by Gasteiger charge is -2.15. The molecule has 0 fully saturated rings. The Morgan fingerprint density at radius 2 is 0.602 bits per heavy atom. The molecule has 0 saturated carbocycles. The van der Waals surface area contributed by atoms with Crippen LogP contribution in [0.5, 0.6) is 11.5 Å². The van der Waals surface area contributed by atoms with E-state index in [1.165, 1.54) is 207 Å². The molecule has 0 amide bonds. The average Bonchev–Trinajstić information content (AvgIpc) is 3.75. The second-order valence-electron chi connectivity index (χ2n) is 24.5. The van der Waals surface area contributed by atoms with Gasteiger partial charge in [-0.3, -0.25) is 0 Å². The van der Waals surface area contributed by atoms with Crippen molar-refractivity contribution in [3.8, 4) is 11.5 Å². The standard InChI is InChI=1S/C40H64B5O2.C16H18.2C6H14.C4H9B3.C4H9B2/c1-3-5-7-9-11-13-21-35-25-27-39(46-31-19-17-29-44-41)37(33-35)23-15-16-24-38-34-36(22-14-12-10-8-6-4-2)26-28-40(38)47-32-20-18-30-45(42)43;1-3-9-15(10-4-1)13-7-8-14-16-11-5-2-6-12-16;2*1-3-5-6-4-2;1-2-3-4-7(5)6;1-2-3-4-6-5/h25-28,33-34H,3-24,29-32H2,1-2H3;1-6,9-12H,7-8,13-14H2;2*3-6H2,1-2H3;2-4H2,1H3;2-4H2,1H3. The highest BCUT2D eigenvalue weighted by molar-refractivity contribution is 7.29. The van der Waals surface area contributed by atoms with Crippen molar-refractivity contribution < 1.29 is 9.47 Å². The maximum absolute atomic E-state index is 6.32. The third-order valence-corrected chi connectivity index (χ3v) is 15.6. The highest BCUT2D eigenvalue weighted by atomic mass is 16.5. The van der Waals surface area contributed by atoms with Crippen LogP contribution in [-0.2, 0) is 38.5 Å². The van der Waals surface area contributed by atoms with Gasteiger partial charge in [-0.15, -0.1) is 0 Å². The molecular weight excluding hydrogens is 1050 g/mol. The highest BCUT2D eigenvalue weighted by Gasteiger charge is 2.11. The van der Waals surface area contributed by atoms with Crippen molar-refractivity contribution in [2.24, 2.45) is 0 Å². The fourth-order valence-electron chi connectivity index (χ4n) is 10.0. The highest BCUT2D eigenvalue weighted by Crippen LogP contribution is 2.28. The summed E-state index contributed by atoms with van der Waals surface area (Å²) in [4.78, 5) is 0. The molecule has 0 aliphatic carbocycles. The van der Waals surface area contributed by atoms with Crippen LogP contribution >= 0.6 is 0 Å². The van der Waals surface area contributed by atoms with Gasteiger partial charge < -0.3 is 9.47 Å². The Hall–Kier alpha value is -2.87. The van der Waals surface area contributed by atoms with E-state index in [1.54, 1.807) is 14.3 Å². The first-order valence-corrected chi connectivity index (χ1v) is 36.7. The van der Waals surface area contributed by atoms with Crippen LogP contribution in [0.4, 0.5) is 0 Å². The van der Waals surface area contributed by atoms with Crippen molar-refractivity contribution in [1.82, 2.24) is 0 Å². The van der Waals surface area contributed by atoms with Crippen LogP contribution in [-0.4, -0.2) is 87.0 Å². The summed E-state index contributed by atoms with van der Waals surface area (Å²) in [5.41, 5.74) is 8.53. The first-order chi connectivity index (χ1) is 43.0. The van der Waals surface area contributed by atoms with Gasteiger partial charge >= 0.3 is 0 Å². The van der Waals surface area contributed by atoms with Crippen molar-refractivity contribution >= 4 is 73.8 Å². The topological polar surface area (TPSA) is 18.5 Å². The number of aryl methyl sites for hydroxylation is 6. The molecule has 0 N–H and O–H groups in total. The predicted octanol–water partition coefficient (Wildman–Crippen LogP) is 21.4. The molecule has 4 rings (SSSR count). The van der Waals surface area contributed by atoms with Gasteiger partial charge in [-0.2, -0.15) is 0 Å². The second kappa shape index (κ2) is 70.0. The average molecular weight is 1180 g/mol. The lowest BCUT2D eigenvalue weighted by Crippen LogP contribution is -2.12. The van der Waals surface area contributed by atoms with Crippen LogP contribution in [0.3, 0.4) is 0 Å². The van der Waals surface area contributed by atoms with Gasteiger partial charge in [0.25, 0.3) is 0 Å². The molecule has 0 aliphatic heterocycles. The van der Waals surface area contributed by atoms with E-state index in [-0.39, 0.29) is 13.0 Å². The molecule has 0 aliphatic rings. The molecule has 0 saturated heterocycles. The zero-order valence-corrected chi connectivity index (χ0v) is 58.9. The maximum atomic E-state index is 6.32. The number of benzene rings is 4. The monoisotopic (exact) mass is 1180 g/mol. The van der Waals surface area contributed by atoms with Crippen LogP contribution in [0, 0.1) is 0 Å². The van der Waals surface area contributed by atoms with E-state index in [2.05, 4.69) is 152 Å². The van der Waals surface area contributed by atoms with E-state index in [4.69, 9.17) is 55.9 Å². The number of ether oxygens (including phenoxy) is 2. The Morgan fingerprint density at radius 1 is 0.295 bits per heavy atom. The van der Waals surface area contributed by atoms with Gasteiger partial charge in [0.05, 0.1) is 27.6 Å². The molecule has 474 valence electrons. The normalized spacial score (nSPS) is 10.3. The van der Waals surface area contributed by atoms with Gasteiger partial charge in [-0.25, -0.2) is 0 Å². The molecule has 0 bridgehead atoms. The second-order valence-corrected chi connectivity index (χ2v) is 24.5. The molecule has 0 aromatic heterocycles. The zero-order chi connectivity index (χ0) is 65.0. The summed E-state index contributed by atoms with van der Waals surface area (Å²) in [6, 6.07) is 35.3. The summed E-state index contributed by atoms with van der Waals surface area (Å²) in [6.45, 7) is 18.9. The third kappa shape index (κ3) is 59.4. The summed E-state index contributed by atoms with van der Waals surface area (Å²) in [6.07, 6.45) is 51.4. The van der Waals surface area contributed by atoms with Gasteiger partial charge in [-0.05, 0) is 135 Å². The summed E-state index contributed by atoms with van der Waals surface area (Å²) in [5.74, 6) is 2.11. The Morgan fingerprint density at radius 3 is 0.955 bits per heavy atom. The number of hydrogen-bond acceptors (Lipinski definition) is 2. The zero-order valence-electron chi connectivity index (χ0n) is 58.9. The first-order valence-electron chi connectivity index (χ1n) is 36.7. The molecule has 12 heteroatoms. The van der Waals surface area contributed by atoms with E-state index < -0.39 is 0 Å². The van der Waals surface area contributed by atoms with Crippen molar-refractivity contribution in [3.05, 3.63) is 130 Å². The van der Waals surface area contributed by atoms with Gasteiger partial charge in [0, 0.05) is 59.4 Å². The summed E-state index contributed by atoms with van der Waals surface area (Å²) in [7, 11) is 36.1. The molecular formula is C76H128B10O2. The smallest absolute Gasteiger partial charge is 0.122 e. The van der Waals surface area contributed by atoms with E-state index in [0.717, 1.165) is 114 Å². The molecule has 4 aromatic carbocycles. The number of unbranched alkanes of at least 4 members (excludes halogenated alkanes) is 22. The minimum atomic E-state index is -0.233. The van der Waals surface area contributed by atoms with Gasteiger partial charge in [0.15, 0.2) is 0 Å².